The Labute approximate surface area is 85.0 Å². The zero-order valence-electron chi connectivity index (χ0n) is 7.27. The predicted molar refractivity (Wildman–Crippen MR) is 55.7 cm³/mol. The second kappa shape index (κ2) is 4.61. The van der Waals surface area contributed by atoms with Crippen LogP contribution >= 0.6 is 11.8 Å². The zero-order chi connectivity index (χ0) is 10.6. The van der Waals surface area contributed by atoms with Crippen molar-refractivity contribution in [3.05, 3.63) is 34.4 Å². The molecular weight excluding hydrogens is 202 g/mol. The summed E-state index contributed by atoms with van der Waals surface area (Å²) in [5.74, 6) is 0.276. The SMILES string of the molecule is N=C(N)CSc1ccccc1[N+](=O)[O-]. The van der Waals surface area contributed by atoms with Gasteiger partial charge in [-0.25, -0.2) is 0 Å². The van der Waals surface area contributed by atoms with Crippen LogP contribution < -0.4 is 5.73 Å². The van der Waals surface area contributed by atoms with Crippen molar-refractivity contribution in [2.75, 3.05) is 5.75 Å². The average Bonchev–Trinajstić information content (AvgIpc) is 2.15. The van der Waals surface area contributed by atoms with E-state index in [-0.39, 0.29) is 17.3 Å². The Morgan fingerprint density at radius 1 is 1.57 bits per heavy atom. The van der Waals surface area contributed by atoms with Crippen LogP contribution in [0.25, 0.3) is 0 Å². The summed E-state index contributed by atoms with van der Waals surface area (Å²) in [4.78, 5) is 10.7. The van der Waals surface area contributed by atoms with Gasteiger partial charge in [0.1, 0.15) is 5.84 Å². The van der Waals surface area contributed by atoms with E-state index in [1.54, 1.807) is 18.2 Å². The number of hydrogen-bond donors (Lipinski definition) is 2. The molecule has 0 amide bonds. The molecule has 0 aliphatic heterocycles. The van der Waals surface area contributed by atoms with Crippen LogP contribution in [0.1, 0.15) is 0 Å². The van der Waals surface area contributed by atoms with Crippen molar-refractivity contribution >= 4 is 23.3 Å². The van der Waals surface area contributed by atoms with Gasteiger partial charge in [-0.15, -0.1) is 11.8 Å². The summed E-state index contributed by atoms with van der Waals surface area (Å²) in [7, 11) is 0. The molecule has 1 aromatic rings. The standard InChI is InChI=1S/C8H9N3O2S/c9-8(10)5-14-7-4-2-1-3-6(7)11(12)13/h1-4H,5H2,(H3,9,10). The summed E-state index contributed by atoms with van der Waals surface area (Å²) in [6, 6.07) is 6.40. The van der Waals surface area contributed by atoms with Crippen LogP contribution in [0.15, 0.2) is 29.2 Å². The highest BCUT2D eigenvalue weighted by molar-refractivity contribution is 8.00. The number of nitro benzene ring substituents is 1. The van der Waals surface area contributed by atoms with Gasteiger partial charge in [-0.1, -0.05) is 12.1 Å². The van der Waals surface area contributed by atoms with Crippen molar-refractivity contribution in [3.63, 3.8) is 0 Å². The molecule has 0 aromatic heterocycles. The molecular formula is C8H9N3O2S. The fourth-order valence-electron chi connectivity index (χ4n) is 0.886. The summed E-state index contributed by atoms with van der Waals surface area (Å²) in [5, 5.41) is 17.6. The Bertz CT molecular complexity index is 367. The zero-order valence-corrected chi connectivity index (χ0v) is 8.08. The summed E-state index contributed by atoms with van der Waals surface area (Å²) in [6.45, 7) is 0. The van der Waals surface area contributed by atoms with Crippen molar-refractivity contribution in [2.24, 2.45) is 5.73 Å². The number of nitro groups is 1. The van der Waals surface area contributed by atoms with Gasteiger partial charge >= 0.3 is 0 Å². The number of benzene rings is 1. The van der Waals surface area contributed by atoms with Crippen molar-refractivity contribution in [3.8, 4) is 0 Å². The molecule has 0 aliphatic carbocycles. The van der Waals surface area contributed by atoms with Gasteiger partial charge in [0.2, 0.25) is 0 Å². The van der Waals surface area contributed by atoms with Gasteiger partial charge in [-0.3, -0.25) is 15.5 Å². The van der Waals surface area contributed by atoms with Gasteiger partial charge in [0.15, 0.2) is 0 Å². The van der Waals surface area contributed by atoms with Crippen LogP contribution in [-0.4, -0.2) is 16.5 Å². The highest BCUT2D eigenvalue weighted by Gasteiger charge is 2.12. The first-order chi connectivity index (χ1) is 6.61. The van der Waals surface area contributed by atoms with Crippen molar-refractivity contribution in [1.29, 1.82) is 5.41 Å². The lowest BCUT2D eigenvalue weighted by atomic mass is 10.3. The monoisotopic (exact) mass is 211 g/mol. The molecule has 0 heterocycles. The van der Waals surface area contributed by atoms with E-state index >= 15 is 0 Å². The number of hydrogen-bond acceptors (Lipinski definition) is 4. The van der Waals surface area contributed by atoms with Crippen LogP contribution in [0.5, 0.6) is 0 Å². The Morgan fingerprint density at radius 2 is 2.21 bits per heavy atom. The molecule has 0 atom stereocenters. The maximum Gasteiger partial charge on any atom is 0.282 e. The molecule has 0 bridgehead atoms. The minimum atomic E-state index is -0.442. The third-order valence-corrected chi connectivity index (χ3v) is 2.56. The predicted octanol–water partition coefficient (Wildman–Crippen LogP) is 1.62. The first kappa shape index (κ1) is 10.5. The van der Waals surface area contributed by atoms with E-state index in [1.807, 2.05) is 0 Å². The van der Waals surface area contributed by atoms with Crippen LogP contribution in [0.2, 0.25) is 0 Å². The lowest BCUT2D eigenvalue weighted by Crippen LogP contribution is -2.12. The molecule has 0 aliphatic rings. The van der Waals surface area contributed by atoms with Gasteiger partial charge in [0.05, 0.1) is 15.6 Å². The molecule has 0 saturated heterocycles. The highest BCUT2D eigenvalue weighted by Crippen LogP contribution is 2.27. The highest BCUT2D eigenvalue weighted by atomic mass is 32.2. The van der Waals surface area contributed by atoms with E-state index < -0.39 is 4.92 Å². The van der Waals surface area contributed by atoms with Crippen LogP contribution in [0.4, 0.5) is 5.69 Å². The van der Waals surface area contributed by atoms with E-state index in [0.29, 0.717) is 4.90 Å². The molecule has 14 heavy (non-hydrogen) atoms. The Hall–Kier alpha value is -1.56. The maximum absolute atomic E-state index is 10.6. The quantitative estimate of drug-likeness (QED) is 0.260. The maximum atomic E-state index is 10.6. The second-order valence-electron chi connectivity index (χ2n) is 2.54. The summed E-state index contributed by atoms with van der Waals surface area (Å²) in [6.07, 6.45) is 0. The van der Waals surface area contributed by atoms with Crippen LogP contribution in [0, 0.1) is 15.5 Å². The molecule has 5 nitrogen and oxygen atoms in total. The molecule has 74 valence electrons. The van der Waals surface area contributed by atoms with E-state index in [1.165, 1.54) is 17.8 Å². The van der Waals surface area contributed by atoms with Gasteiger partial charge < -0.3 is 5.73 Å². The summed E-state index contributed by atoms with van der Waals surface area (Å²) in [5.41, 5.74) is 5.21. The van der Waals surface area contributed by atoms with Crippen molar-refractivity contribution < 1.29 is 4.92 Å². The van der Waals surface area contributed by atoms with Gasteiger partial charge in [-0.2, -0.15) is 0 Å². The van der Waals surface area contributed by atoms with Gasteiger partial charge in [0, 0.05) is 6.07 Å². The molecule has 1 rings (SSSR count). The fourth-order valence-corrected chi connectivity index (χ4v) is 1.66. The van der Waals surface area contributed by atoms with E-state index in [0.717, 1.165) is 0 Å². The van der Waals surface area contributed by atoms with Gasteiger partial charge in [-0.05, 0) is 6.07 Å². The van der Waals surface area contributed by atoms with Crippen molar-refractivity contribution in [2.45, 2.75) is 4.90 Å². The van der Waals surface area contributed by atoms with E-state index in [4.69, 9.17) is 11.1 Å². The smallest absolute Gasteiger partial charge is 0.282 e. The molecule has 0 unspecified atom stereocenters. The number of thioether (sulfide) groups is 1. The van der Waals surface area contributed by atoms with E-state index in [2.05, 4.69) is 0 Å². The van der Waals surface area contributed by atoms with Crippen molar-refractivity contribution in [1.82, 2.24) is 0 Å². The van der Waals surface area contributed by atoms with Crippen LogP contribution in [-0.2, 0) is 0 Å². The third kappa shape index (κ3) is 2.74. The lowest BCUT2D eigenvalue weighted by Gasteiger charge is -2.00. The number of nitrogens with one attached hydrogen (secondary N) is 1. The molecule has 3 N–H and O–H groups in total. The molecule has 0 saturated carbocycles. The molecule has 6 heteroatoms. The van der Waals surface area contributed by atoms with E-state index in [9.17, 15) is 10.1 Å². The number of para-hydroxylation sites is 1. The minimum Gasteiger partial charge on any atom is -0.387 e. The first-order valence-electron chi connectivity index (χ1n) is 3.80. The largest absolute Gasteiger partial charge is 0.387 e. The lowest BCUT2D eigenvalue weighted by molar-refractivity contribution is -0.387. The third-order valence-electron chi connectivity index (χ3n) is 1.45. The minimum absolute atomic E-state index is 0.00755. The normalized spacial score (nSPS) is 9.71. The molecule has 0 spiro atoms. The van der Waals surface area contributed by atoms with Gasteiger partial charge in [0.25, 0.3) is 5.69 Å². The molecule has 0 fully saturated rings. The number of nitrogens with zero attached hydrogens (tertiary/aromatic N) is 1. The average molecular weight is 211 g/mol. The number of nitrogens with two attached hydrogens (primary N) is 1. The molecule has 1 aromatic carbocycles. The second-order valence-corrected chi connectivity index (χ2v) is 3.56. The fraction of sp³-hybridized carbons (Fsp3) is 0.125. The number of rotatable bonds is 4. The Balaban J connectivity index is 2.84. The summed E-state index contributed by atoms with van der Waals surface area (Å²) >= 11 is 1.19. The van der Waals surface area contributed by atoms with Crippen LogP contribution in [0.3, 0.4) is 0 Å². The topological polar surface area (TPSA) is 93.0 Å². The number of amidine groups is 1. The first-order valence-corrected chi connectivity index (χ1v) is 4.79. The Kier molecular flexibility index (Phi) is 3.47. The Morgan fingerprint density at radius 3 is 2.79 bits per heavy atom. The molecule has 0 radical (unpaired) electrons. The summed E-state index contributed by atoms with van der Waals surface area (Å²) < 4.78 is 0.